The number of hydrogen-bond acceptors (Lipinski definition) is 4. The van der Waals surface area contributed by atoms with Crippen LogP contribution in [-0.2, 0) is 4.74 Å². The number of ether oxygens (including phenoxy) is 2. The zero-order valence-corrected chi connectivity index (χ0v) is 22.1. The van der Waals surface area contributed by atoms with Crippen molar-refractivity contribution < 1.29 is 9.47 Å². The van der Waals surface area contributed by atoms with Crippen molar-refractivity contribution >= 4 is 35.6 Å². The minimum atomic E-state index is 0. The minimum absolute atomic E-state index is 0. The molecule has 6 nitrogen and oxygen atoms in total. The molecule has 2 aliphatic rings. The number of hydrogen-bond donors (Lipinski definition) is 1. The molecular weight excluding hydrogens is 527 g/mol. The molecule has 0 amide bonds. The Labute approximate surface area is 215 Å². The van der Waals surface area contributed by atoms with E-state index < -0.39 is 0 Å². The lowest BCUT2D eigenvalue weighted by Gasteiger charge is -2.38. The van der Waals surface area contributed by atoms with E-state index in [2.05, 4.69) is 64.5 Å². The van der Waals surface area contributed by atoms with Gasteiger partial charge < -0.3 is 24.6 Å². The quantitative estimate of drug-likeness (QED) is 0.317. The van der Waals surface area contributed by atoms with Crippen LogP contribution in [0.5, 0.6) is 5.75 Å². The van der Waals surface area contributed by atoms with Gasteiger partial charge >= 0.3 is 0 Å². The van der Waals surface area contributed by atoms with Gasteiger partial charge in [0.15, 0.2) is 5.96 Å². The molecule has 2 heterocycles. The monoisotopic (exact) mass is 564 g/mol. The van der Waals surface area contributed by atoms with E-state index in [1.165, 1.54) is 11.3 Å². The Morgan fingerprint density at radius 2 is 1.79 bits per heavy atom. The summed E-state index contributed by atoms with van der Waals surface area (Å²) in [7, 11) is 1.71. The van der Waals surface area contributed by atoms with Crippen molar-refractivity contribution in [2.75, 3.05) is 57.9 Å². The Bertz CT molecular complexity index is 854. The Morgan fingerprint density at radius 3 is 2.45 bits per heavy atom. The average Bonchev–Trinajstić information content (AvgIpc) is 2.87. The fourth-order valence-electron chi connectivity index (χ4n) is 4.64. The third-order valence-electron chi connectivity index (χ3n) is 6.40. The smallest absolute Gasteiger partial charge is 0.194 e. The SMILES string of the molecule is CCNC(=NCC1CCCOC1c1ccccc1)N1CCN(c2ccc(OC)cc2)CC1.I. The molecule has 0 spiro atoms. The maximum atomic E-state index is 6.18. The molecule has 1 N–H and O–H groups in total. The fraction of sp³-hybridized carbons (Fsp3) is 0.500. The molecule has 2 fully saturated rings. The van der Waals surface area contributed by atoms with Crippen molar-refractivity contribution in [3.05, 3.63) is 60.2 Å². The summed E-state index contributed by atoms with van der Waals surface area (Å²) in [5.41, 5.74) is 2.52. The summed E-state index contributed by atoms with van der Waals surface area (Å²) in [5, 5.41) is 3.52. The molecule has 180 valence electrons. The number of nitrogens with zero attached hydrogens (tertiary/aromatic N) is 3. The lowest BCUT2D eigenvalue weighted by Crippen LogP contribution is -2.52. The summed E-state index contributed by atoms with van der Waals surface area (Å²) in [4.78, 5) is 9.90. The van der Waals surface area contributed by atoms with Gasteiger partial charge in [-0.2, -0.15) is 0 Å². The Morgan fingerprint density at radius 1 is 1.06 bits per heavy atom. The standard InChI is InChI=1S/C26H36N4O2.HI/c1-3-27-26(28-20-22-10-7-19-32-25(22)21-8-5-4-6-9-21)30-17-15-29(16-18-30)23-11-13-24(31-2)14-12-23;/h4-6,8-9,11-14,22,25H,3,7,10,15-20H2,1-2H3,(H,27,28);1H. The normalized spacial score (nSPS) is 21.3. The maximum absolute atomic E-state index is 6.18. The van der Waals surface area contributed by atoms with E-state index in [9.17, 15) is 0 Å². The van der Waals surface area contributed by atoms with Crippen LogP contribution in [0.3, 0.4) is 0 Å². The van der Waals surface area contributed by atoms with Gasteiger partial charge in [-0.15, -0.1) is 24.0 Å². The summed E-state index contributed by atoms with van der Waals surface area (Å²) in [6.07, 6.45) is 2.41. The van der Waals surface area contributed by atoms with Crippen LogP contribution < -0.4 is 15.0 Å². The van der Waals surface area contributed by atoms with Gasteiger partial charge in [-0.25, -0.2) is 0 Å². The van der Waals surface area contributed by atoms with Crippen LogP contribution in [0.15, 0.2) is 59.6 Å². The molecule has 0 saturated carbocycles. The molecule has 33 heavy (non-hydrogen) atoms. The molecule has 4 rings (SSSR count). The minimum Gasteiger partial charge on any atom is -0.497 e. The average molecular weight is 565 g/mol. The number of halogens is 1. The summed E-state index contributed by atoms with van der Waals surface area (Å²) in [5.74, 6) is 2.34. The van der Waals surface area contributed by atoms with Crippen molar-refractivity contribution in [2.45, 2.75) is 25.9 Å². The number of piperazine rings is 1. The fourth-order valence-corrected chi connectivity index (χ4v) is 4.64. The van der Waals surface area contributed by atoms with Crippen molar-refractivity contribution in [3.8, 4) is 5.75 Å². The third kappa shape index (κ3) is 6.76. The first-order chi connectivity index (χ1) is 15.8. The highest BCUT2D eigenvalue weighted by molar-refractivity contribution is 14.0. The molecule has 7 heteroatoms. The van der Waals surface area contributed by atoms with Crippen LogP contribution in [0.4, 0.5) is 5.69 Å². The van der Waals surface area contributed by atoms with Gasteiger partial charge in [-0.1, -0.05) is 30.3 Å². The van der Waals surface area contributed by atoms with E-state index in [4.69, 9.17) is 14.5 Å². The molecule has 2 unspecified atom stereocenters. The van der Waals surface area contributed by atoms with Crippen molar-refractivity contribution in [1.82, 2.24) is 10.2 Å². The van der Waals surface area contributed by atoms with Crippen LogP contribution in [0.2, 0.25) is 0 Å². The molecule has 2 saturated heterocycles. The Balaban J connectivity index is 0.00000306. The number of guanidine groups is 1. The molecule has 2 aliphatic heterocycles. The first-order valence-electron chi connectivity index (χ1n) is 11.9. The summed E-state index contributed by atoms with van der Waals surface area (Å²) < 4.78 is 11.5. The number of anilines is 1. The second-order valence-electron chi connectivity index (χ2n) is 8.47. The van der Waals surface area contributed by atoms with Crippen LogP contribution in [-0.4, -0.2) is 63.8 Å². The van der Waals surface area contributed by atoms with Crippen molar-refractivity contribution in [2.24, 2.45) is 10.9 Å². The van der Waals surface area contributed by atoms with E-state index in [1.807, 2.05) is 12.1 Å². The van der Waals surface area contributed by atoms with E-state index in [0.29, 0.717) is 5.92 Å². The first kappa shape index (κ1) is 25.6. The second-order valence-corrected chi connectivity index (χ2v) is 8.47. The molecule has 0 bridgehead atoms. The highest BCUT2D eigenvalue weighted by atomic mass is 127. The largest absolute Gasteiger partial charge is 0.497 e. The Kier molecular flexibility index (Phi) is 10.1. The summed E-state index contributed by atoms with van der Waals surface area (Å²) in [6.45, 7) is 8.53. The molecule has 0 radical (unpaired) electrons. The number of benzene rings is 2. The molecular formula is C26H37IN4O2. The van der Waals surface area contributed by atoms with Crippen LogP contribution in [0.1, 0.15) is 31.4 Å². The molecule has 2 aromatic carbocycles. The number of methoxy groups -OCH3 is 1. The molecule has 2 atom stereocenters. The Hall–Kier alpha value is -2.00. The lowest BCUT2D eigenvalue weighted by atomic mass is 9.89. The van der Waals surface area contributed by atoms with Gasteiger partial charge in [0.2, 0.25) is 0 Å². The van der Waals surface area contributed by atoms with Crippen LogP contribution >= 0.6 is 24.0 Å². The highest BCUT2D eigenvalue weighted by Gasteiger charge is 2.28. The predicted octanol–water partition coefficient (Wildman–Crippen LogP) is 4.57. The van der Waals surface area contributed by atoms with E-state index in [1.54, 1.807) is 7.11 Å². The molecule has 0 aliphatic carbocycles. The highest BCUT2D eigenvalue weighted by Crippen LogP contribution is 2.33. The van der Waals surface area contributed by atoms with Gasteiger partial charge in [0.05, 0.1) is 13.2 Å². The van der Waals surface area contributed by atoms with E-state index in [-0.39, 0.29) is 30.1 Å². The number of nitrogens with one attached hydrogen (secondary N) is 1. The second kappa shape index (κ2) is 13.0. The zero-order valence-electron chi connectivity index (χ0n) is 19.8. The first-order valence-corrected chi connectivity index (χ1v) is 11.9. The summed E-state index contributed by atoms with van der Waals surface area (Å²) >= 11 is 0. The number of rotatable bonds is 6. The van der Waals surface area contributed by atoms with Crippen LogP contribution in [0.25, 0.3) is 0 Å². The van der Waals surface area contributed by atoms with E-state index >= 15 is 0 Å². The van der Waals surface area contributed by atoms with Gasteiger partial charge in [0, 0.05) is 57.5 Å². The molecule has 0 aromatic heterocycles. The predicted molar refractivity (Wildman–Crippen MR) is 146 cm³/mol. The zero-order chi connectivity index (χ0) is 22.2. The summed E-state index contributed by atoms with van der Waals surface area (Å²) in [6, 6.07) is 19.0. The van der Waals surface area contributed by atoms with Gasteiger partial charge in [-0.3, -0.25) is 4.99 Å². The van der Waals surface area contributed by atoms with E-state index in [0.717, 1.165) is 70.4 Å². The van der Waals surface area contributed by atoms with Gasteiger partial charge in [-0.05, 0) is 49.6 Å². The van der Waals surface area contributed by atoms with Crippen molar-refractivity contribution in [1.29, 1.82) is 0 Å². The van der Waals surface area contributed by atoms with Gasteiger partial charge in [0.1, 0.15) is 5.75 Å². The molecule has 2 aromatic rings. The van der Waals surface area contributed by atoms with Crippen LogP contribution in [0, 0.1) is 5.92 Å². The third-order valence-corrected chi connectivity index (χ3v) is 6.40. The topological polar surface area (TPSA) is 49.3 Å². The number of aliphatic imine (C=N–C) groups is 1. The van der Waals surface area contributed by atoms with Crippen molar-refractivity contribution in [3.63, 3.8) is 0 Å². The maximum Gasteiger partial charge on any atom is 0.194 e. The van der Waals surface area contributed by atoms with Gasteiger partial charge in [0.25, 0.3) is 0 Å². The lowest BCUT2D eigenvalue weighted by molar-refractivity contribution is -0.0250.